The summed E-state index contributed by atoms with van der Waals surface area (Å²) in [5.74, 6) is 0.209. The average molecular weight is 446 g/mol. The van der Waals surface area contributed by atoms with Gasteiger partial charge in [0, 0.05) is 6.20 Å². The van der Waals surface area contributed by atoms with E-state index in [1.165, 1.54) is 11.8 Å². The molecule has 0 aliphatic carbocycles. The Balaban J connectivity index is 1.87. The van der Waals surface area contributed by atoms with Crippen molar-refractivity contribution in [3.05, 3.63) is 76.6 Å². The molecule has 0 amide bonds. The van der Waals surface area contributed by atoms with Crippen molar-refractivity contribution in [2.45, 2.75) is 45.9 Å². The van der Waals surface area contributed by atoms with Crippen LogP contribution >= 0.6 is 0 Å². The number of halogens is 3. The Morgan fingerprint density at radius 3 is 2.25 bits per heavy atom. The number of hydrogen-bond acceptors (Lipinski definition) is 4. The Kier molecular flexibility index (Phi) is 6.91. The molecule has 0 N–H and O–H groups in total. The number of carbonyl (C=O) groups is 1. The van der Waals surface area contributed by atoms with Gasteiger partial charge in [-0.15, -0.1) is 0 Å². The molecule has 5 nitrogen and oxygen atoms in total. The molecule has 3 rings (SSSR count). The monoisotopic (exact) mass is 446 g/mol. The van der Waals surface area contributed by atoms with Gasteiger partial charge in [0.25, 0.3) is 0 Å². The summed E-state index contributed by atoms with van der Waals surface area (Å²) in [6, 6.07) is 10.7. The van der Waals surface area contributed by atoms with Gasteiger partial charge in [-0.3, -0.25) is 0 Å². The maximum Gasteiger partial charge on any atom is 0.419 e. The second kappa shape index (κ2) is 9.46. The summed E-state index contributed by atoms with van der Waals surface area (Å²) in [4.78, 5) is 11.7. The van der Waals surface area contributed by atoms with E-state index >= 15 is 0 Å². The fourth-order valence-electron chi connectivity index (χ4n) is 3.61. The molecule has 32 heavy (non-hydrogen) atoms. The van der Waals surface area contributed by atoms with Crippen molar-refractivity contribution in [1.82, 2.24) is 9.78 Å². The molecule has 0 unspecified atom stereocenters. The number of rotatable bonds is 7. The number of esters is 1. The lowest BCUT2D eigenvalue weighted by Gasteiger charge is -2.21. The first-order chi connectivity index (χ1) is 15.1. The van der Waals surface area contributed by atoms with Crippen LogP contribution in [0.2, 0.25) is 0 Å². The van der Waals surface area contributed by atoms with E-state index in [-0.39, 0.29) is 6.10 Å². The SMILES string of the molecule is CCC[C@H](Oc1cc(C)c(-n2cc(C(F)(F)F)cn2)c(C)c1)c1ccc(C(=O)OC)cc1. The summed E-state index contributed by atoms with van der Waals surface area (Å²) in [7, 11) is 1.33. The number of alkyl halides is 3. The van der Waals surface area contributed by atoms with E-state index in [1.54, 1.807) is 24.3 Å². The average Bonchev–Trinajstić information content (AvgIpc) is 3.23. The standard InChI is InChI=1S/C24H25F3N2O3/c1-5-6-21(17-7-9-18(10-8-17)23(30)31-4)32-20-11-15(2)22(16(3)12-20)29-14-19(13-28-29)24(25,26)27/h7-14,21H,5-6H2,1-4H3/t21-/m0/s1. The minimum Gasteiger partial charge on any atom is -0.486 e. The Hall–Kier alpha value is -3.29. The molecule has 1 aromatic heterocycles. The van der Waals surface area contributed by atoms with Gasteiger partial charge in [0.15, 0.2) is 0 Å². The van der Waals surface area contributed by atoms with Crippen LogP contribution in [0.5, 0.6) is 5.75 Å². The van der Waals surface area contributed by atoms with E-state index in [0.717, 1.165) is 41.9 Å². The lowest BCUT2D eigenvalue weighted by atomic mass is 10.0. The first kappa shape index (κ1) is 23.4. The molecule has 0 bridgehead atoms. The van der Waals surface area contributed by atoms with Crippen LogP contribution in [-0.2, 0) is 10.9 Å². The summed E-state index contributed by atoms with van der Waals surface area (Å²) in [5.41, 5.74) is 2.65. The first-order valence-corrected chi connectivity index (χ1v) is 10.2. The second-order valence-corrected chi connectivity index (χ2v) is 7.59. The van der Waals surface area contributed by atoms with Crippen molar-refractivity contribution in [3.63, 3.8) is 0 Å². The molecule has 8 heteroatoms. The summed E-state index contributed by atoms with van der Waals surface area (Å²) in [6.45, 7) is 5.67. The van der Waals surface area contributed by atoms with Gasteiger partial charge in [-0.2, -0.15) is 18.3 Å². The van der Waals surface area contributed by atoms with Crippen LogP contribution in [0.3, 0.4) is 0 Å². The van der Waals surface area contributed by atoms with Crippen molar-refractivity contribution in [3.8, 4) is 11.4 Å². The van der Waals surface area contributed by atoms with E-state index in [2.05, 4.69) is 12.0 Å². The van der Waals surface area contributed by atoms with Crippen LogP contribution in [0, 0.1) is 13.8 Å². The molecule has 170 valence electrons. The lowest BCUT2D eigenvalue weighted by Crippen LogP contribution is -2.10. The molecule has 3 aromatic rings. The normalized spacial score (nSPS) is 12.5. The van der Waals surface area contributed by atoms with Gasteiger partial charge in [-0.05, 0) is 61.2 Å². The summed E-state index contributed by atoms with van der Waals surface area (Å²) < 4.78 is 51.1. The Bertz CT molecular complexity index is 1070. The molecule has 0 spiro atoms. The van der Waals surface area contributed by atoms with Crippen LogP contribution in [0.1, 0.15) is 58.5 Å². The smallest absolute Gasteiger partial charge is 0.419 e. The molecular formula is C24H25F3N2O3. The summed E-state index contributed by atoms with van der Waals surface area (Å²) >= 11 is 0. The van der Waals surface area contributed by atoms with Gasteiger partial charge in [0.2, 0.25) is 0 Å². The zero-order valence-electron chi connectivity index (χ0n) is 18.4. The summed E-state index contributed by atoms with van der Waals surface area (Å²) in [6.07, 6.45) is -1.24. The van der Waals surface area contributed by atoms with Gasteiger partial charge in [-0.25, -0.2) is 9.48 Å². The van der Waals surface area contributed by atoms with Crippen molar-refractivity contribution < 1.29 is 27.4 Å². The van der Waals surface area contributed by atoms with Gasteiger partial charge in [0.1, 0.15) is 11.9 Å². The van der Waals surface area contributed by atoms with E-state index in [4.69, 9.17) is 9.47 Å². The van der Waals surface area contributed by atoms with Gasteiger partial charge in [0.05, 0.1) is 30.1 Å². The van der Waals surface area contributed by atoms with E-state index < -0.39 is 17.7 Å². The van der Waals surface area contributed by atoms with E-state index in [0.29, 0.717) is 17.0 Å². The van der Waals surface area contributed by atoms with Crippen LogP contribution in [0.4, 0.5) is 13.2 Å². The van der Waals surface area contributed by atoms with E-state index in [1.807, 2.05) is 26.0 Å². The highest BCUT2D eigenvalue weighted by molar-refractivity contribution is 5.89. The highest BCUT2D eigenvalue weighted by Gasteiger charge is 2.32. The maximum atomic E-state index is 12.9. The molecule has 0 fully saturated rings. The number of aromatic nitrogens is 2. The predicted molar refractivity (Wildman–Crippen MR) is 114 cm³/mol. The largest absolute Gasteiger partial charge is 0.486 e. The minimum absolute atomic E-state index is 0.238. The van der Waals surface area contributed by atoms with Gasteiger partial charge in [-0.1, -0.05) is 25.5 Å². The van der Waals surface area contributed by atoms with Crippen molar-refractivity contribution in [1.29, 1.82) is 0 Å². The van der Waals surface area contributed by atoms with Crippen LogP contribution in [0.15, 0.2) is 48.8 Å². The van der Waals surface area contributed by atoms with E-state index in [9.17, 15) is 18.0 Å². The third kappa shape index (κ3) is 5.12. The molecule has 0 radical (unpaired) electrons. The quantitative estimate of drug-likeness (QED) is 0.405. The Morgan fingerprint density at radius 2 is 1.75 bits per heavy atom. The highest BCUT2D eigenvalue weighted by Crippen LogP contribution is 2.33. The highest BCUT2D eigenvalue weighted by atomic mass is 19.4. The molecule has 0 aliphatic rings. The number of nitrogens with zero attached hydrogens (tertiary/aromatic N) is 2. The fraction of sp³-hybridized carbons (Fsp3) is 0.333. The lowest BCUT2D eigenvalue weighted by molar-refractivity contribution is -0.137. The number of benzene rings is 2. The Morgan fingerprint density at radius 1 is 1.12 bits per heavy atom. The molecular weight excluding hydrogens is 421 g/mol. The van der Waals surface area contributed by atoms with Crippen LogP contribution < -0.4 is 4.74 Å². The van der Waals surface area contributed by atoms with Crippen molar-refractivity contribution >= 4 is 5.97 Å². The summed E-state index contributed by atoms with van der Waals surface area (Å²) in [5, 5.41) is 3.89. The fourth-order valence-corrected chi connectivity index (χ4v) is 3.61. The first-order valence-electron chi connectivity index (χ1n) is 10.2. The second-order valence-electron chi connectivity index (χ2n) is 7.59. The number of hydrogen-bond donors (Lipinski definition) is 0. The minimum atomic E-state index is -4.44. The maximum absolute atomic E-state index is 12.9. The number of methoxy groups -OCH3 is 1. The molecule has 0 saturated heterocycles. The van der Waals surface area contributed by atoms with Crippen molar-refractivity contribution in [2.75, 3.05) is 7.11 Å². The Labute approximate surface area is 184 Å². The molecule has 2 aromatic carbocycles. The third-order valence-corrected chi connectivity index (χ3v) is 5.14. The number of aryl methyl sites for hydroxylation is 2. The zero-order valence-corrected chi connectivity index (χ0v) is 18.4. The molecule has 0 saturated carbocycles. The topological polar surface area (TPSA) is 53.4 Å². The van der Waals surface area contributed by atoms with Crippen LogP contribution in [0.25, 0.3) is 5.69 Å². The molecule has 0 aliphatic heterocycles. The zero-order chi connectivity index (χ0) is 23.5. The van der Waals surface area contributed by atoms with Gasteiger partial charge >= 0.3 is 12.1 Å². The molecule has 1 atom stereocenters. The number of ether oxygens (including phenoxy) is 2. The van der Waals surface area contributed by atoms with Crippen molar-refractivity contribution in [2.24, 2.45) is 0 Å². The number of carbonyl (C=O) groups excluding carboxylic acids is 1. The predicted octanol–water partition coefficient (Wildman–Crippen LogP) is 6.21. The van der Waals surface area contributed by atoms with Gasteiger partial charge < -0.3 is 9.47 Å². The van der Waals surface area contributed by atoms with Crippen LogP contribution in [-0.4, -0.2) is 22.9 Å². The molecule has 1 heterocycles. The third-order valence-electron chi connectivity index (χ3n) is 5.14.